The fourth-order valence-corrected chi connectivity index (χ4v) is 1.32. The van der Waals surface area contributed by atoms with Crippen molar-refractivity contribution < 1.29 is 9.53 Å². The van der Waals surface area contributed by atoms with Gasteiger partial charge in [-0.25, -0.2) is 0 Å². The smallest absolute Gasteiger partial charge is 0.305 e. The number of esters is 1. The number of ether oxygens (including phenoxy) is 1. The largest absolute Gasteiger partial charge is 0.465 e. The highest BCUT2D eigenvalue weighted by molar-refractivity contribution is 5.69. The molecule has 0 saturated heterocycles. The molecule has 15 heavy (non-hydrogen) atoms. The van der Waals surface area contributed by atoms with Crippen LogP contribution in [0.15, 0.2) is 0 Å². The summed E-state index contributed by atoms with van der Waals surface area (Å²) in [4.78, 5) is 13.6. The summed E-state index contributed by atoms with van der Waals surface area (Å²) in [5.74, 6) is 0.368. The van der Waals surface area contributed by atoms with Gasteiger partial charge in [0.15, 0.2) is 0 Å². The maximum Gasteiger partial charge on any atom is 0.305 e. The van der Waals surface area contributed by atoms with Crippen LogP contribution in [0.2, 0.25) is 0 Å². The molecule has 0 saturated carbocycles. The number of hydrogen-bond acceptors (Lipinski definition) is 3. The van der Waals surface area contributed by atoms with E-state index in [4.69, 9.17) is 4.74 Å². The van der Waals surface area contributed by atoms with E-state index < -0.39 is 0 Å². The summed E-state index contributed by atoms with van der Waals surface area (Å²) in [6, 6.07) is 0. The van der Waals surface area contributed by atoms with Crippen LogP contribution in [0, 0.1) is 5.92 Å². The van der Waals surface area contributed by atoms with Gasteiger partial charge in [0.05, 0.1) is 6.61 Å². The van der Waals surface area contributed by atoms with Crippen LogP contribution in [-0.2, 0) is 9.53 Å². The summed E-state index contributed by atoms with van der Waals surface area (Å²) in [7, 11) is 0. The molecule has 0 aliphatic rings. The van der Waals surface area contributed by atoms with Crippen molar-refractivity contribution in [1.29, 1.82) is 0 Å². The Morgan fingerprint density at radius 2 is 1.87 bits per heavy atom. The zero-order valence-corrected chi connectivity index (χ0v) is 10.6. The highest BCUT2D eigenvalue weighted by Crippen LogP contribution is 1.99. The van der Waals surface area contributed by atoms with E-state index in [9.17, 15) is 4.79 Å². The molecule has 0 amide bonds. The van der Waals surface area contributed by atoms with Gasteiger partial charge in [0, 0.05) is 6.42 Å². The monoisotopic (exact) mass is 215 g/mol. The average Bonchev–Trinajstić information content (AvgIpc) is 2.21. The van der Waals surface area contributed by atoms with Gasteiger partial charge in [-0.05, 0) is 32.0 Å². The topological polar surface area (TPSA) is 29.5 Å². The maximum absolute atomic E-state index is 11.3. The van der Waals surface area contributed by atoms with E-state index in [-0.39, 0.29) is 5.97 Å². The first-order valence-electron chi connectivity index (χ1n) is 5.98. The van der Waals surface area contributed by atoms with Crippen molar-refractivity contribution in [2.75, 3.05) is 26.2 Å². The molecule has 0 rings (SSSR count). The van der Waals surface area contributed by atoms with Gasteiger partial charge in [-0.3, -0.25) is 4.79 Å². The second-order valence-electron chi connectivity index (χ2n) is 4.21. The number of hydrogen-bond donors (Lipinski definition) is 0. The summed E-state index contributed by atoms with van der Waals surface area (Å²) in [5.41, 5.74) is 0. The normalized spacial score (nSPS) is 11.1. The van der Waals surface area contributed by atoms with E-state index in [1.807, 2.05) is 13.8 Å². The van der Waals surface area contributed by atoms with Crippen LogP contribution in [-0.4, -0.2) is 37.1 Å². The minimum absolute atomic E-state index is 0.0594. The Balaban J connectivity index is 3.46. The Bertz CT molecular complexity index is 165. The van der Waals surface area contributed by atoms with Crippen LogP contribution in [0.4, 0.5) is 0 Å². The molecule has 3 heteroatoms. The van der Waals surface area contributed by atoms with Crippen molar-refractivity contribution in [3.05, 3.63) is 0 Å². The lowest BCUT2D eigenvalue weighted by Gasteiger charge is -2.17. The first kappa shape index (κ1) is 14.4. The number of carbonyl (C=O) groups excluding carboxylic acids is 1. The molecule has 0 aromatic rings. The third-order valence-electron chi connectivity index (χ3n) is 2.33. The van der Waals surface area contributed by atoms with Crippen molar-refractivity contribution in [3.8, 4) is 0 Å². The van der Waals surface area contributed by atoms with Gasteiger partial charge < -0.3 is 9.64 Å². The minimum Gasteiger partial charge on any atom is -0.465 e. The Morgan fingerprint density at radius 3 is 2.33 bits per heavy atom. The Morgan fingerprint density at radius 1 is 1.27 bits per heavy atom. The SMILES string of the molecule is CCN(CC)CCCC(=O)OCC(C)C. The second-order valence-corrected chi connectivity index (χ2v) is 4.21. The second kappa shape index (κ2) is 8.72. The standard InChI is InChI=1S/C12H25NO2/c1-5-13(6-2)9-7-8-12(14)15-10-11(3)4/h11H,5-10H2,1-4H3. The van der Waals surface area contributed by atoms with Gasteiger partial charge in [-0.2, -0.15) is 0 Å². The number of rotatable bonds is 8. The first-order valence-corrected chi connectivity index (χ1v) is 5.98. The van der Waals surface area contributed by atoms with E-state index in [1.54, 1.807) is 0 Å². The minimum atomic E-state index is -0.0594. The van der Waals surface area contributed by atoms with Crippen molar-refractivity contribution in [2.45, 2.75) is 40.5 Å². The highest BCUT2D eigenvalue weighted by atomic mass is 16.5. The third kappa shape index (κ3) is 8.43. The quantitative estimate of drug-likeness (QED) is 0.582. The van der Waals surface area contributed by atoms with E-state index >= 15 is 0 Å². The van der Waals surface area contributed by atoms with Gasteiger partial charge >= 0.3 is 5.97 Å². The van der Waals surface area contributed by atoms with Crippen molar-refractivity contribution in [2.24, 2.45) is 5.92 Å². The molecule has 0 aliphatic carbocycles. The summed E-state index contributed by atoms with van der Waals surface area (Å²) >= 11 is 0. The summed E-state index contributed by atoms with van der Waals surface area (Å²) in [5, 5.41) is 0. The average molecular weight is 215 g/mol. The van der Waals surface area contributed by atoms with Crippen LogP contribution in [0.1, 0.15) is 40.5 Å². The van der Waals surface area contributed by atoms with Gasteiger partial charge in [0.2, 0.25) is 0 Å². The zero-order chi connectivity index (χ0) is 11.7. The van der Waals surface area contributed by atoms with Crippen LogP contribution in [0.25, 0.3) is 0 Å². The molecule has 0 heterocycles. The number of nitrogens with zero attached hydrogens (tertiary/aromatic N) is 1. The third-order valence-corrected chi connectivity index (χ3v) is 2.33. The Kier molecular flexibility index (Phi) is 8.38. The lowest BCUT2D eigenvalue weighted by molar-refractivity contribution is -0.144. The predicted octanol–water partition coefficient (Wildman–Crippen LogP) is 2.31. The van der Waals surface area contributed by atoms with Crippen LogP contribution >= 0.6 is 0 Å². The molecule has 0 radical (unpaired) electrons. The molecular formula is C12H25NO2. The van der Waals surface area contributed by atoms with E-state index in [0.29, 0.717) is 18.9 Å². The molecule has 0 fully saturated rings. The van der Waals surface area contributed by atoms with Gasteiger partial charge in [0.25, 0.3) is 0 Å². The fraction of sp³-hybridized carbons (Fsp3) is 0.917. The molecule has 0 aliphatic heterocycles. The molecule has 3 nitrogen and oxygen atoms in total. The van der Waals surface area contributed by atoms with Gasteiger partial charge in [0.1, 0.15) is 0 Å². The molecule has 0 N–H and O–H groups in total. The summed E-state index contributed by atoms with van der Waals surface area (Å²) < 4.78 is 5.10. The van der Waals surface area contributed by atoms with Crippen molar-refractivity contribution in [1.82, 2.24) is 4.90 Å². The van der Waals surface area contributed by atoms with Gasteiger partial charge in [-0.1, -0.05) is 27.7 Å². The van der Waals surface area contributed by atoms with Crippen LogP contribution in [0.3, 0.4) is 0 Å². The summed E-state index contributed by atoms with van der Waals surface area (Å²) in [6.45, 7) is 12.0. The molecule has 0 bridgehead atoms. The summed E-state index contributed by atoms with van der Waals surface area (Å²) in [6.07, 6.45) is 1.45. The van der Waals surface area contributed by atoms with E-state index in [2.05, 4.69) is 18.7 Å². The Hall–Kier alpha value is -0.570. The predicted molar refractivity (Wildman–Crippen MR) is 62.8 cm³/mol. The molecular weight excluding hydrogens is 190 g/mol. The van der Waals surface area contributed by atoms with Crippen LogP contribution in [0.5, 0.6) is 0 Å². The van der Waals surface area contributed by atoms with E-state index in [0.717, 1.165) is 26.1 Å². The number of carbonyl (C=O) groups is 1. The van der Waals surface area contributed by atoms with Crippen molar-refractivity contribution in [3.63, 3.8) is 0 Å². The first-order chi connectivity index (χ1) is 7.10. The Labute approximate surface area is 93.8 Å². The van der Waals surface area contributed by atoms with E-state index in [1.165, 1.54) is 0 Å². The molecule has 90 valence electrons. The molecule has 0 unspecified atom stereocenters. The molecule has 0 atom stereocenters. The molecule has 0 aromatic carbocycles. The maximum atomic E-state index is 11.3. The van der Waals surface area contributed by atoms with Crippen molar-refractivity contribution >= 4 is 5.97 Å². The zero-order valence-electron chi connectivity index (χ0n) is 10.6. The van der Waals surface area contributed by atoms with Crippen LogP contribution < -0.4 is 0 Å². The molecule has 0 aromatic heterocycles. The highest BCUT2D eigenvalue weighted by Gasteiger charge is 2.05. The lowest BCUT2D eigenvalue weighted by Crippen LogP contribution is -2.24. The fourth-order valence-electron chi connectivity index (χ4n) is 1.32. The van der Waals surface area contributed by atoms with Gasteiger partial charge in [-0.15, -0.1) is 0 Å². The molecule has 0 spiro atoms. The lowest BCUT2D eigenvalue weighted by atomic mass is 10.2.